The molecule has 3 heteroatoms. The van der Waals surface area contributed by atoms with Crippen molar-refractivity contribution in [1.29, 1.82) is 0 Å². The van der Waals surface area contributed by atoms with E-state index in [4.69, 9.17) is 10.5 Å². The number of hydrogen-bond donors (Lipinski definition) is 1. The minimum absolute atomic E-state index is 0.281. The van der Waals surface area contributed by atoms with E-state index >= 15 is 0 Å². The highest BCUT2D eigenvalue weighted by molar-refractivity contribution is 5.78. The maximum atomic E-state index is 12.0. The predicted molar refractivity (Wildman–Crippen MR) is 71.2 cm³/mol. The highest BCUT2D eigenvalue weighted by Gasteiger charge is 2.26. The Balaban J connectivity index is 1.91. The van der Waals surface area contributed by atoms with Crippen molar-refractivity contribution in [2.45, 2.75) is 44.6 Å². The molecule has 1 atom stereocenters. The molecule has 0 radical (unpaired) electrons. The van der Waals surface area contributed by atoms with Crippen LogP contribution in [0.4, 0.5) is 0 Å². The first-order valence-electron chi connectivity index (χ1n) is 6.79. The van der Waals surface area contributed by atoms with Crippen LogP contribution in [-0.4, -0.2) is 12.0 Å². The van der Waals surface area contributed by atoms with Crippen LogP contribution in [0, 0.1) is 5.92 Å². The number of nitrogens with two attached hydrogens (primary N) is 1. The van der Waals surface area contributed by atoms with Gasteiger partial charge in [-0.3, -0.25) is 0 Å². The Morgan fingerprint density at radius 2 is 1.72 bits per heavy atom. The van der Waals surface area contributed by atoms with E-state index in [-0.39, 0.29) is 11.9 Å². The van der Waals surface area contributed by atoms with Gasteiger partial charge in [0.25, 0.3) is 0 Å². The maximum Gasteiger partial charge on any atom is 0.328 e. The summed E-state index contributed by atoms with van der Waals surface area (Å²) in [6.07, 6.45) is 6.97. The zero-order valence-electron chi connectivity index (χ0n) is 10.7. The summed E-state index contributed by atoms with van der Waals surface area (Å²) < 4.78 is 5.31. The summed E-state index contributed by atoms with van der Waals surface area (Å²) in [5, 5.41) is 0. The normalized spacial score (nSPS) is 18.9. The van der Waals surface area contributed by atoms with Crippen molar-refractivity contribution in [3.8, 4) is 5.75 Å². The van der Waals surface area contributed by atoms with Crippen LogP contribution in [0.5, 0.6) is 5.75 Å². The number of rotatable bonds is 3. The molecule has 3 nitrogen and oxygen atoms in total. The molecule has 0 heterocycles. The Morgan fingerprint density at radius 3 is 2.33 bits per heavy atom. The minimum atomic E-state index is -0.483. The largest absolute Gasteiger partial charge is 0.425 e. The molecule has 1 aromatic carbocycles. The third kappa shape index (κ3) is 3.57. The van der Waals surface area contributed by atoms with Crippen LogP contribution in [0.25, 0.3) is 0 Å². The lowest BCUT2D eigenvalue weighted by molar-refractivity contribution is -0.137. The number of hydrogen-bond acceptors (Lipinski definition) is 3. The highest BCUT2D eigenvalue weighted by Crippen LogP contribution is 2.25. The summed E-state index contributed by atoms with van der Waals surface area (Å²) in [6.45, 7) is 0. The van der Waals surface area contributed by atoms with Crippen LogP contribution in [0.3, 0.4) is 0 Å². The van der Waals surface area contributed by atoms with Crippen LogP contribution in [0.1, 0.15) is 38.5 Å². The molecule has 0 aliphatic heterocycles. The molecule has 1 aliphatic rings. The van der Waals surface area contributed by atoms with Gasteiger partial charge in [-0.25, -0.2) is 4.79 Å². The number of carbonyl (C=O) groups is 1. The molecule has 98 valence electrons. The molecule has 1 aliphatic carbocycles. The molecular formula is C15H21NO2. The van der Waals surface area contributed by atoms with Gasteiger partial charge in [0.15, 0.2) is 0 Å². The summed E-state index contributed by atoms with van der Waals surface area (Å²) >= 11 is 0. The number of esters is 1. The van der Waals surface area contributed by atoms with Crippen LogP contribution in [-0.2, 0) is 4.79 Å². The van der Waals surface area contributed by atoms with Gasteiger partial charge in [0, 0.05) is 0 Å². The highest BCUT2D eigenvalue weighted by atomic mass is 16.5. The maximum absolute atomic E-state index is 12.0. The van der Waals surface area contributed by atoms with Crippen LogP contribution in [0.2, 0.25) is 0 Å². The molecule has 0 bridgehead atoms. The molecule has 0 saturated heterocycles. The Labute approximate surface area is 108 Å². The number of para-hydroxylation sites is 1. The second-order valence-electron chi connectivity index (χ2n) is 5.01. The van der Waals surface area contributed by atoms with Crippen molar-refractivity contribution >= 4 is 5.97 Å². The van der Waals surface area contributed by atoms with Gasteiger partial charge in [-0.05, 0) is 30.9 Å². The van der Waals surface area contributed by atoms with E-state index in [0.717, 1.165) is 12.8 Å². The van der Waals surface area contributed by atoms with Crippen LogP contribution < -0.4 is 10.5 Å². The van der Waals surface area contributed by atoms with E-state index in [1.54, 1.807) is 12.1 Å². The Kier molecular flexibility index (Phi) is 4.76. The fourth-order valence-corrected chi connectivity index (χ4v) is 2.54. The average Bonchev–Trinajstić information content (AvgIpc) is 2.68. The van der Waals surface area contributed by atoms with Gasteiger partial charge in [0.1, 0.15) is 11.8 Å². The topological polar surface area (TPSA) is 52.3 Å². The first-order chi connectivity index (χ1) is 8.77. The summed E-state index contributed by atoms with van der Waals surface area (Å²) in [5.41, 5.74) is 6.03. The molecule has 0 aromatic heterocycles. The van der Waals surface area contributed by atoms with Crippen molar-refractivity contribution in [3.05, 3.63) is 30.3 Å². The monoisotopic (exact) mass is 247 g/mol. The quantitative estimate of drug-likeness (QED) is 0.507. The smallest absolute Gasteiger partial charge is 0.328 e. The molecule has 0 amide bonds. The Bertz CT molecular complexity index is 369. The van der Waals surface area contributed by atoms with E-state index in [1.165, 1.54) is 25.7 Å². The van der Waals surface area contributed by atoms with E-state index in [9.17, 15) is 4.79 Å². The number of carbonyl (C=O) groups excluding carboxylic acids is 1. The van der Waals surface area contributed by atoms with E-state index < -0.39 is 6.04 Å². The summed E-state index contributed by atoms with van der Waals surface area (Å²) in [7, 11) is 0. The van der Waals surface area contributed by atoms with Crippen molar-refractivity contribution in [2.24, 2.45) is 11.7 Å². The lowest BCUT2D eigenvalue weighted by Gasteiger charge is -2.20. The van der Waals surface area contributed by atoms with Crippen LogP contribution in [0.15, 0.2) is 30.3 Å². The lowest BCUT2D eigenvalue weighted by atomic mass is 9.92. The standard InChI is InChI=1S/C15H21NO2/c16-14(12-8-4-1-2-5-9-12)15(17)18-13-10-6-3-7-11-13/h3,6-7,10-12,14H,1-2,4-5,8-9,16H2. The van der Waals surface area contributed by atoms with Gasteiger partial charge in [-0.15, -0.1) is 0 Å². The average molecular weight is 247 g/mol. The third-order valence-electron chi connectivity index (χ3n) is 3.64. The van der Waals surface area contributed by atoms with Crippen molar-refractivity contribution in [2.75, 3.05) is 0 Å². The molecular weight excluding hydrogens is 226 g/mol. The number of ether oxygens (including phenoxy) is 1. The van der Waals surface area contributed by atoms with Crippen molar-refractivity contribution < 1.29 is 9.53 Å². The lowest BCUT2D eigenvalue weighted by Crippen LogP contribution is -2.40. The summed E-state index contributed by atoms with van der Waals surface area (Å²) in [5.74, 6) is 0.559. The zero-order chi connectivity index (χ0) is 12.8. The van der Waals surface area contributed by atoms with Gasteiger partial charge in [-0.2, -0.15) is 0 Å². The number of benzene rings is 1. The van der Waals surface area contributed by atoms with E-state index in [2.05, 4.69) is 0 Å². The third-order valence-corrected chi connectivity index (χ3v) is 3.64. The minimum Gasteiger partial charge on any atom is -0.425 e. The van der Waals surface area contributed by atoms with Crippen molar-refractivity contribution in [3.63, 3.8) is 0 Å². The van der Waals surface area contributed by atoms with E-state index in [1.807, 2.05) is 18.2 Å². The molecule has 2 rings (SSSR count). The van der Waals surface area contributed by atoms with Gasteiger partial charge < -0.3 is 10.5 Å². The summed E-state index contributed by atoms with van der Waals surface area (Å²) in [4.78, 5) is 12.0. The van der Waals surface area contributed by atoms with Crippen LogP contribution >= 0.6 is 0 Å². The second-order valence-corrected chi connectivity index (χ2v) is 5.01. The zero-order valence-corrected chi connectivity index (χ0v) is 10.7. The van der Waals surface area contributed by atoms with E-state index in [0.29, 0.717) is 5.75 Å². The van der Waals surface area contributed by atoms with Gasteiger partial charge in [0.2, 0.25) is 0 Å². The Morgan fingerprint density at radius 1 is 1.11 bits per heavy atom. The van der Waals surface area contributed by atoms with Crippen molar-refractivity contribution in [1.82, 2.24) is 0 Å². The molecule has 2 N–H and O–H groups in total. The van der Waals surface area contributed by atoms with Gasteiger partial charge in [-0.1, -0.05) is 43.9 Å². The van der Waals surface area contributed by atoms with Gasteiger partial charge in [0.05, 0.1) is 0 Å². The first-order valence-corrected chi connectivity index (χ1v) is 6.79. The molecule has 1 aromatic rings. The fourth-order valence-electron chi connectivity index (χ4n) is 2.54. The molecule has 0 spiro atoms. The molecule has 18 heavy (non-hydrogen) atoms. The molecule has 1 fully saturated rings. The molecule has 1 unspecified atom stereocenters. The predicted octanol–water partition coefficient (Wildman–Crippen LogP) is 2.89. The first kappa shape index (κ1) is 13.1. The Hall–Kier alpha value is -1.35. The fraction of sp³-hybridized carbons (Fsp3) is 0.533. The summed E-state index contributed by atoms with van der Waals surface area (Å²) in [6, 6.07) is 8.65. The second kappa shape index (κ2) is 6.55. The van der Waals surface area contributed by atoms with Gasteiger partial charge >= 0.3 is 5.97 Å². The molecule has 1 saturated carbocycles. The SMILES string of the molecule is NC(C(=O)Oc1ccccc1)C1CCCCCC1.